The van der Waals surface area contributed by atoms with Crippen LogP contribution in [0.4, 0.5) is 0 Å². The van der Waals surface area contributed by atoms with Gasteiger partial charge in [0.25, 0.3) is 0 Å². The van der Waals surface area contributed by atoms with Crippen molar-refractivity contribution in [3.05, 3.63) is 60.7 Å². The molecule has 0 spiro atoms. The van der Waals surface area contributed by atoms with Gasteiger partial charge in [-0.25, -0.2) is 0 Å². The predicted molar refractivity (Wildman–Crippen MR) is 230 cm³/mol. The summed E-state index contributed by atoms with van der Waals surface area (Å²) in [6, 6.07) is 6.24. The van der Waals surface area contributed by atoms with Gasteiger partial charge < -0.3 is 29.3 Å². The van der Waals surface area contributed by atoms with E-state index in [1.54, 1.807) is 13.2 Å². The third kappa shape index (κ3) is 13.1. The molecule has 310 valence electrons. The van der Waals surface area contributed by atoms with Crippen LogP contribution >= 0.6 is 11.8 Å². The number of benzene rings is 1. The van der Waals surface area contributed by atoms with Crippen LogP contribution in [0.25, 0.3) is 0 Å². The lowest BCUT2D eigenvalue weighted by Crippen LogP contribution is -2.64. The molecular formula is C47H75NO6S. The third-order valence-corrected chi connectivity index (χ3v) is 13.4. The lowest BCUT2D eigenvalue weighted by atomic mass is 9.56. The first kappa shape index (κ1) is 45.4. The Hall–Kier alpha value is -2.26. The van der Waals surface area contributed by atoms with Gasteiger partial charge in [0.15, 0.2) is 0 Å². The molecule has 55 heavy (non-hydrogen) atoms. The van der Waals surface area contributed by atoms with E-state index in [1.165, 1.54) is 95.5 Å². The zero-order valence-electron chi connectivity index (χ0n) is 34.5. The average molecular weight is 782 g/mol. The van der Waals surface area contributed by atoms with Crippen molar-refractivity contribution in [1.82, 2.24) is 0 Å². The van der Waals surface area contributed by atoms with E-state index in [4.69, 9.17) is 24.2 Å². The van der Waals surface area contributed by atoms with Crippen LogP contribution in [0.2, 0.25) is 0 Å². The van der Waals surface area contributed by atoms with Crippen molar-refractivity contribution in [3.8, 4) is 11.5 Å². The van der Waals surface area contributed by atoms with Gasteiger partial charge in [0.1, 0.15) is 25.2 Å². The van der Waals surface area contributed by atoms with Gasteiger partial charge in [-0.3, -0.25) is 0 Å². The second-order valence-corrected chi connectivity index (χ2v) is 17.3. The summed E-state index contributed by atoms with van der Waals surface area (Å²) in [6.07, 6.45) is 31.0. The minimum absolute atomic E-state index is 0.00171. The van der Waals surface area contributed by atoms with Gasteiger partial charge in [0.05, 0.1) is 23.5 Å². The Labute approximate surface area is 338 Å². The average Bonchev–Trinajstić information content (AvgIpc) is 3.20. The summed E-state index contributed by atoms with van der Waals surface area (Å²) in [5, 5.41) is 24.3. The number of oxime groups is 1. The molecule has 0 aromatic heterocycles. The van der Waals surface area contributed by atoms with Gasteiger partial charge in [-0.05, 0) is 73.5 Å². The Morgan fingerprint density at radius 3 is 2.09 bits per heavy atom. The van der Waals surface area contributed by atoms with E-state index in [1.807, 2.05) is 23.9 Å². The number of aliphatic hydroxyl groups is 2. The monoisotopic (exact) mass is 782 g/mol. The van der Waals surface area contributed by atoms with Gasteiger partial charge in [0, 0.05) is 31.1 Å². The Kier molecular flexibility index (Phi) is 21.4. The van der Waals surface area contributed by atoms with Crippen molar-refractivity contribution in [3.63, 3.8) is 0 Å². The summed E-state index contributed by atoms with van der Waals surface area (Å²) in [7, 11) is 1.65. The maximum absolute atomic E-state index is 9.83. The van der Waals surface area contributed by atoms with Crippen LogP contribution < -0.4 is 9.47 Å². The van der Waals surface area contributed by atoms with Crippen LogP contribution in [0.15, 0.2) is 60.3 Å². The van der Waals surface area contributed by atoms with Gasteiger partial charge in [-0.1, -0.05) is 133 Å². The fraction of sp³-hybridized carbons (Fsp3) is 0.723. The van der Waals surface area contributed by atoms with Crippen molar-refractivity contribution < 1.29 is 29.3 Å². The number of nitrogens with zero attached hydrogens (tertiary/aromatic N) is 1. The van der Waals surface area contributed by atoms with Gasteiger partial charge in [-0.15, -0.1) is 6.58 Å². The third-order valence-electron chi connectivity index (χ3n) is 12.0. The van der Waals surface area contributed by atoms with Crippen LogP contribution in [0.5, 0.6) is 11.5 Å². The minimum atomic E-state index is -0.917. The van der Waals surface area contributed by atoms with E-state index < -0.39 is 5.79 Å². The molecule has 1 heterocycles. The quantitative estimate of drug-likeness (QED) is 0.0440. The molecule has 0 saturated heterocycles. The number of unbranched alkanes of at least 4 members (excludes halogenated alkanes) is 15. The largest absolute Gasteiger partial charge is 0.490 e. The highest BCUT2D eigenvalue weighted by Crippen LogP contribution is 2.62. The zero-order valence-corrected chi connectivity index (χ0v) is 35.3. The topological polar surface area (TPSA) is 89.7 Å². The summed E-state index contributed by atoms with van der Waals surface area (Å²) in [6.45, 7) is 11.4. The maximum atomic E-state index is 9.83. The number of hydrogen-bond acceptors (Lipinski definition) is 8. The van der Waals surface area contributed by atoms with Crippen molar-refractivity contribution in [2.45, 2.75) is 159 Å². The molecular weight excluding hydrogens is 707 g/mol. The predicted octanol–water partition coefficient (Wildman–Crippen LogP) is 11.7. The molecule has 1 fully saturated rings. The lowest BCUT2D eigenvalue weighted by molar-refractivity contribution is -0.223. The Balaban J connectivity index is 1.55. The molecule has 4 rings (SSSR count). The van der Waals surface area contributed by atoms with Crippen LogP contribution in [0.1, 0.15) is 153 Å². The van der Waals surface area contributed by atoms with Crippen LogP contribution in [-0.4, -0.2) is 66.3 Å². The van der Waals surface area contributed by atoms with Crippen molar-refractivity contribution in [1.29, 1.82) is 0 Å². The highest BCUT2D eigenvalue weighted by atomic mass is 32.2. The van der Waals surface area contributed by atoms with Crippen molar-refractivity contribution in [2.75, 3.05) is 39.3 Å². The summed E-state index contributed by atoms with van der Waals surface area (Å²) in [5.41, 5.74) is 3.30. The zero-order chi connectivity index (χ0) is 39.1. The van der Waals surface area contributed by atoms with Crippen LogP contribution in [-0.2, 0) is 9.57 Å². The van der Waals surface area contributed by atoms with Crippen molar-refractivity contribution in [2.24, 2.45) is 22.9 Å². The van der Waals surface area contributed by atoms with E-state index >= 15 is 0 Å². The maximum Gasteiger partial charge on any atom is 0.230 e. The summed E-state index contributed by atoms with van der Waals surface area (Å²) in [5.74, 6) is 2.28. The van der Waals surface area contributed by atoms with E-state index in [9.17, 15) is 10.2 Å². The van der Waals surface area contributed by atoms with E-state index in [0.717, 1.165) is 67.1 Å². The molecule has 1 aromatic rings. The fourth-order valence-electron chi connectivity index (χ4n) is 9.35. The molecule has 6 unspecified atom stereocenters. The molecule has 1 aliphatic heterocycles. The number of fused-ring (bicyclic) bond motifs is 2. The van der Waals surface area contributed by atoms with E-state index in [2.05, 4.69) is 38.3 Å². The Morgan fingerprint density at radius 1 is 0.836 bits per heavy atom. The number of aliphatic hydroxyl groups excluding tert-OH is 2. The van der Waals surface area contributed by atoms with Crippen LogP contribution in [0.3, 0.4) is 0 Å². The Bertz CT molecular complexity index is 1320. The molecule has 8 heteroatoms. The molecule has 1 aromatic carbocycles. The molecule has 3 aliphatic rings. The number of allylic oxidation sites excluding steroid dienone is 1. The number of thioether (sulfide) groups is 1. The molecule has 0 radical (unpaired) electrons. The second-order valence-electron chi connectivity index (χ2n) is 16.0. The van der Waals surface area contributed by atoms with E-state index in [0.29, 0.717) is 19.6 Å². The number of hydrogen-bond donors (Lipinski definition) is 2. The number of rotatable bonds is 31. The minimum Gasteiger partial charge on any atom is -0.490 e. The van der Waals surface area contributed by atoms with Gasteiger partial charge in [0.2, 0.25) is 5.79 Å². The second kappa shape index (κ2) is 25.9. The fourth-order valence-corrected chi connectivity index (χ4v) is 10.8. The van der Waals surface area contributed by atoms with Gasteiger partial charge in [-0.2, -0.15) is 11.8 Å². The number of ether oxygens (including phenoxy) is 3. The molecule has 1 saturated carbocycles. The summed E-state index contributed by atoms with van der Waals surface area (Å²) >= 11 is 1.97. The van der Waals surface area contributed by atoms with Crippen molar-refractivity contribution >= 4 is 17.5 Å². The first-order valence-corrected chi connectivity index (χ1v) is 23.1. The molecule has 7 nitrogen and oxygen atoms in total. The molecule has 2 N–H and O–H groups in total. The highest BCUT2D eigenvalue weighted by molar-refractivity contribution is 8.00. The molecule has 2 aliphatic carbocycles. The molecule has 0 amide bonds. The first-order chi connectivity index (χ1) is 27.1. The summed E-state index contributed by atoms with van der Waals surface area (Å²) in [4.78, 5) is 5.57. The SMILES string of the molecule is C=CCOc1ccc2c(c1)C1C(CCCCO)C(CCCCO)C=C3C(=NOC)CC(SCCCCCCCCCCCCCCCC)C(OCC=C)(O2)C31. The summed E-state index contributed by atoms with van der Waals surface area (Å²) < 4.78 is 20.4. The first-order valence-electron chi connectivity index (χ1n) is 22.0. The smallest absolute Gasteiger partial charge is 0.230 e. The standard InChI is InChI=1S/C47H75NO6S/c1-5-8-9-10-11-12-13-14-15-16-17-18-19-24-33-55-44-36-42(48-51-4)40-34-37(25-20-22-29-49)39(26-21-23-30-50)45-41-35-38(52-31-6-2)27-28-43(41)54-47(44,46(40)45)53-32-7-3/h6-7,27-28,34-35,37,39,44-46,49-50H,2-3,5,8-26,29-33,36H2,1,4H3. The Morgan fingerprint density at radius 2 is 1.47 bits per heavy atom. The molecule has 0 bridgehead atoms. The lowest BCUT2D eigenvalue weighted by Gasteiger charge is -2.58. The highest BCUT2D eigenvalue weighted by Gasteiger charge is 2.63. The normalized spacial score (nSPS) is 24.8. The van der Waals surface area contributed by atoms with Gasteiger partial charge >= 0.3 is 0 Å². The molecule has 6 atom stereocenters. The van der Waals surface area contributed by atoms with E-state index in [-0.39, 0.29) is 42.1 Å². The van der Waals surface area contributed by atoms with Crippen LogP contribution in [0, 0.1) is 17.8 Å².